The number of nitrogens with zero attached hydrogens (tertiary/aromatic N) is 5. The van der Waals surface area contributed by atoms with Gasteiger partial charge in [-0.2, -0.15) is 0 Å². The number of rotatable bonds is 7. The molecule has 3 heterocycles. The molecule has 0 aliphatic carbocycles. The van der Waals surface area contributed by atoms with Gasteiger partial charge in [-0.1, -0.05) is 164 Å². The van der Waals surface area contributed by atoms with E-state index in [0.717, 1.165) is 66.5 Å². The molecule has 0 unspecified atom stereocenters. The summed E-state index contributed by atoms with van der Waals surface area (Å²) in [6.07, 6.45) is 0. The van der Waals surface area contributed by atoms with Crippen LogP contribution >= 0.6 is 0 Å². The van der Waals surface area contributed by atoms with Gasteiger partial charge in [-0.3, -0.25) is 0 Å². The van der Waals surface area contributed by atoms with Crippen LogP contribution in [0.4, 0.5) is 0 Å². The van der Waals surface area contributed by atoms with Crippen LogP contribution in [0, 0.1) is 0 Å². The zero-order chi connectivity index (χ0) is 41.0. The van der Waals surface area contributed by atoms with Crippen LogP contribution < -0.4 is 0 Å². The molecule has 290 valence electrons. The normalized spacial score (nSPS) is 11.5. The maximum Gasteiger partial charge on any atom is 0.164 e. The minimum Gasteiger partial charge on any atom is -0.309 e. The summed E-state index contributed by atoms with van der Waals surface area (Å²) < 4.78 is 4.75. The quantitative estimate of drug-likeness (QED) is 0.162. The van der Waals surface area contributed by atoms with E-state index in [2.05, 4.69) is 197 Å². The first-order valence-corrected chi connectivity index (χ1v) is 20.9. The molecule has 62 heavy (non-hydrogen) atoms. The van der Waals surface area contributed by atoms with Crippen LogP contribution in [0.15, 0.2) is 224 Å². The number of hydrogen-bond acceptors (Lipinski definition) is 3. The van der Waals surface area contributed by atoms with Crippen LogP contribution in [-0.2, 0) is 0 Å². The Hall–Kier alpha value is -8.41. The van der Waals surface area contributed by atoms with E-state index < -0.39 is 0 Å². The Labute approximate surface area is 358 Å². The van der Waals surface area contributed by atoms with Crippen molar-refractivity contribution in [1.82, 2.24) is 24.1 Å². The molecular weight excluding hydrogens is 755 g/mol. The van der Waals surface area contributed by atoms with Gasteiger partial charge in [-0.05, 0) is 82.9 Å². The molecule has 0 aliphatic rings. The Morgan fingerprint density at radius 2 is 0.710 bits per heavy atom. The van der Waals surface area contributed by atoms with E-state index >= 15 is 0 Å². The number of fused-ring (bicyclic) bond motifs is 6. The zero-order valence-corrected chi connectivity index (χ0v) is 33.6. The summed E-state index contributed by atoms with van der Waals surface area (Å²) in [5, 5.41) is 4.61. The molecule has 0 N–H and O–H groups in total. The van der Waals surface area contributed by atoms with Crippen LogP contribution in [0.1, 0.15) is 0 Å². The maximum absolute atomic E-state index is 5.31. The number of hydrogen-bond donors (Lipinski definition) is 0. The molecule has 12 aromatic rings. The summed E-state index contributed by atoms with van der Waals surface area (Å²) in [6, 6.07) is 79.3. The lowest BCUT2D eigenvalue weighted by Gasteiger charge is -2.14. The minimum atomic E-state index is 0.619. The van der Waals surface area contributed by atoms with Gasteiger partial charge < -0.3 is 9.13 Å². The first-order chi connectivity index (χ1) is 30.7. The Morgan fingerprint density at radius 3 is 1.35 bits per heavy atom. The first kappa shape index (κ1) is 35.5. The van der Waals surface area contributed by atoms with Crippen molar-refractivity contribution in [1.29, 1.82) is 0 Å². The molecule has 3 aromatic heterocycles. The Bertz CT molecular complexity index is 3540. The van der Waals surface area contributed by atoms with E-state index in [0.29, 0.717) is 17.5 Å². The largest absolute Gasteiger partial charge is 0.309 e. The van der Waals surface area contributed by atoms with Crippen LogP contribution in [0.5, 0.6) is 0 Å². The average Bonchev–Trinajstić information content (AvgIpc) is 3.87. The fourth-order valence-electron chi connectivity index (χ4n) is 9.09. The summed E-state index contributed by atoms with van der Waals surface area (Å²) >= 11 is 0. The molecule has 9 aromatic carbocycles. The fourth-order valence-corrected chi connectivity index (χ4v) is 9.09. The highest BCUT2D eigenvalue weighted by Gasteiger charge is 2.22. The maximum atomic E-state index is 5.31. The molecule has 5 heteroatoms. The second kappa shape index (κ2) is 14.7. The minimum absolute atomic E-state index is 0.619. The second-order valence-corrected chi connectivity index (χ2v) is 15.6. The van der Waals surface area contributed by atoms with Crippen molar-refractivity contribution in [2.75, 3.05) is 0 Å². The molecule has 0 amide bonds. The summed E-state index contributed by atoms with van der Waals surface area (Å²) in [5.74, 6) is 1.88. The number of aromatic nitrogens is 5. The zero-order valence-electron chi connectivity index (χ0n) is 33.6. The summed E-state index contributed by atoms with van der Waals surface area (Å²) in [5.41, 5.74) is 14.1. The molecule has 12 rings (SSSR count). The summed E-state index contributed by atoms with van der Waals surface area (Å²) in [7, 11) is 0. The topological polar surface area (TPSA) is 48.5 Å². The van der Waals surface area contributed by atoms with Crippen molar-refractivity contribution in [3.8, 4) is 67.8 Å². The Morgan fingerprint density at radius 1 is 0.258 bits per heavy atom. The van der Waals surface area contributed by atoms with Crippen molar-refractivity contribution in [3.63, 3.8) is 0 Å². The molecule has 0 aliphatic heterocycles. The van der Waals surface area contributed by atoms with Gasteiger partial charge in [0.15, 0.2) is 17.5 Å². The van der Waals surface area contributed by atoms with Gasteiger partial charge in [0.1, 0.15) is 0 Å². The molecule has 0 saturated carbocycles. The van der Waals surface area contributed by atoms with Crippen molar-refractivity contribution in [3.05, 3.63) is 224 Å². The van der Waals surface area contributed by atoms with Crippen molar-refractivity contribution < 1.29 is 0 Å². The second-order valence-electron chi connectivity index (χ2n) is 15.6. The van der Waals surface area contributed by atoms with E-state index in [1.165, 1.54) is 27.4 Å². The lowest BCUT2D eigenvalue weighted by molar-refractivity contribution is 1.08. The van der Waals surface area contributed by atoms with E-state index in [1.54, 1.807) is 0 Å². The van der Waals surface area contributed by atoms with Gasteiger partial charge in [0.25, 0.3) is 0 Å². The van der Waals surface area contributed by atoms with Gasteiger partial charge in [0.05, 0.1) is 22.1 Å². The molecule has 0 saturated heterocycles. The van der Waals surface area contributed by atoms with Gasteiger partial charge in [-0.15, -0.1) is 0 Å². The smallest absolute Gasteiger partial charge is 0.164 e. The van der Waals surface area contributed by atoms with E-state index in [-0.39, 0.29) is 0 Å². The molecule has 0 bridgehead atoms. The average molecular weight is 792 g/mol. The van der Waals surface area contributed by atoms with Crippen LogP contribution in [-0.4, -0.2) is 24.1 Å². The predicted molar refractivity (Wildman–Crippen MR) is 256 cm³/mol. The third-order valence-corrected chi connectivity index (χ3v) is 12.0. The Kier molecular flexibility index (Phi) is 8.42. The van der Waals surface area contributed by atoms with Gasteiger partial charge >= 0.3 is 0 Å². The first-order valence-electron chi connectivity index (χ1n) is 20.9. The van der Waals surface area contributed by atoms with Gasteiger partial charge in [-0.25, -0.2) is 15.0 Å². The number of benzene rings is 9. The van der Waals surface area contributed by atoms with Crippen LogP contribution in [0.2, 0.25) is 0 Å². The van der Waals surface area contributed by atoms with Crippen molar-refractivity contribution in [2.24, 2.45) is 0 Å². The molecule has 5 nitrogen and oxygen atoms in total. The molecule has 0 atom stereocenters. The fraction of sp³-hybridized carbons (Fsp3) is 0. The molecule has 0 spiro atoms. The number of para-hydroxylation sites is 3. The van der Waals surface area contributed by atoms with Crippen molar-refractivity contribution >= 4 is 43.6 Å². The van der Waals surface area contributed by atoms with Crippen molar-refractivity contribution in [2.45, 2.75) is 0 Å². The Balaban J connectivity index is 1.15. The standard InChI is InChI=1S/C57H37N5/c1-5-17-38(18-6-1)39-29-32-45(33-30-39)62-51-28-16-14-26-47(51)54-49(57-59-55(40-19-7-2-8-20-40)58-56(60-57)41-21-9-3-10-22-41)36-43(37-53(54)62)42-31-34-52-48(35-42)46-25-13-15-27-50(46)61(52)44-23-11-4-12-24-44/h1-37H. The van der Waals surface area contributed by atoms with Crippen LogP contribution in [0.3, 0.4) is 0 Å². The highest BCUT2D eigenvalue weighted by atomic mass is 15.0. The predicted octanol–water partition coefficient (Wildman–Crippen LogP) is 14.4. The third-order valence-electron chi connectivity index (χ3n) is 12.0. The van der Waals surface area contributed by atoms with E-state index in [1.807, 2.05) is 36.4 Å². The molecule has 0 radical (unpaired) electrons. The van der Waals surface area contributed by atoms with E-state index in [4.69, 9.17) is 15.0 Å². The summed E-state index contributed by atoms with van der Waals surface area (Å²) in [6.45, 7) is 0. The SMILES string of the molecule is c1ccc(-c2ccc(-n3c4ccccc4c4c(-c5nc(-c6ccccc6)nc(-c6ccccc6)n5)cc(-c5ccc6c(c5)c5ccccc5n6-c5ccccc5)cc43)cc2)cc1. The molecule has 0 fully saturated rings. The third kappa shape index (κ3) is 5.98. The highest BCUT2D eigenvalue weighted by Crippen LogP contribution is 2.43. The van der Waals surface area contributed by atoms with Gasteiger partial charge in [0.2, 0.25) is 0 Å². The van der Waals surface area contributed by atoms with E-state index in [9.17, 15) is 0 Å². The lowest BCUT2D eigenvalue weighted by atomic mass is 9.96. The molecular formula is C57H37N5. The highest BCUT2D eigenvalue weighted by molar-refractivity contribution is 6.17. The van der Waals surface area contributed by atoms with Gasteiger partial charge in [0, 0.05) is 49.6 Å². The monoisotopic (exact) mass is 791 g/mol. The summed E-state index contributed by atoms with van der Waals surface area (Å²) in [4.78, 5) is 15.7. The lowest BCUT2D eigenvalue weighted by Crippen LogP contribution is -2.01. The van der Waals surface area contributed by atoms with Crippen LogP contribution in [0.25, 0.3) is 111 Å².